The number of pyridine rings is 1. The molecular weight excluding hydrogens is 160 g/mol. The Hall–Kier alpha value is -0.890. The predicted molar refractivity (Wildman–Crippen MR) is 51.7 cm³/mol. The van der Waals surface area contributed by atoms with E-state index in [0.717, 1.165) is 18.4 Å². The molecule has 3 rings (SSSR count). The van der Waals surface area contributed by atoms with Gasteiger partial charge in [-0.2, -0.15) is 0 Å². The van der Waals surface area contributed by atoms with Gasteiger partial charge in [0.25, 0.3) is 0 Å². The second kappa shape index (κ2) is 2.81. The third-order valence-corrected chi connectivity index (χ3v) is 3.33. The zero-order chi connectivity index (χ0) is 8.67. The number of piperidine rings is 1. The second-order valence-electron chi connectivity index (χ2n) is 4.24. The molecule has 2 nitrogen and oxygen atoms in total. The van der Waals surface area contributed by atoms with Gasteiger partial charge in [0.1, 0.15) is 0 Å². The third-order valence-electron chi connectivity index (χ3n) is 3.33. The highest BCUT2D eigenvalue weighted by molar-refractivity contribution is 5.31. The van der Waals surface area contributed by atoms with Crippen molar-refractivity contribution in [3.8, 4) is 0 Å². The van der Waals surface area contributed by atoms with Crippen LogP contribution in [0.15, 0.2) is 18.5 Å². The lowest BCUT2D eigenvalue weighted by Crippen LogP contribution is -2.39. The van der Waals surface area contributed by atoms with E-state index in [1.807, 2.05) is 6.20 Å². The highest BCUT2D eigenvalue weighted by Gasteiger charge is 2.29. The van der Waals surface area contributed by atoms with Crippen molar-refractivity contribution in [1.82, 2.24) is 10.3 Å². The van der Waals surface area contributed by atoms with Crippen LogP contribution in [0.4, 0.5) is 0 Å². The lowest BCUT2D eigenvalue weighted by Gasteiger charge is -2.36. The van der Waals surface area contributed by atoms with Gasteiger partial charge >= 0.3 is 0 Å². The molecule has 1 saturated heterocycles. The number of fused-ring (bicyclic) bond motifs is 4. The predicted octanol–water partition coefficient (Wildman–Crippen LogP) is 1.33. The molecule has 1 aromatic heterocycles. The Morgan fingerprint density at radius 2 is 2.38 bits per heavy atom. The number of aromatic nitrogens is 1. The molecule has 0 radical (unpaired) electrons. The van der Waals surface area contributed by atoms with Gasteiger partial charge in [-0.05, 0) is 48.4 Å². The van der Waals surface area contributed by atoms with Gasteiger partial charge in [-0.15, -0.1) is 0 Å². The summed E-state index contributed by atoms with van der Waals surface area (Å²) in [6.45, 7) is 2.36. The quantitative estimate of drug-likeness (QED) is 0.642. The molecule has 0 aromatic carbocycles. The van der Waals surface area contributed by atoms with Crippen molar-refractivity contribution in [2.75, 3.05) is 13.1 Å². The highest BCUT2D eigenvalue weighted by Crippen LogP contribution is 2.35. The van der Waals surface area contributed by atoms with Gasteiger partial charge < -0.3 is 5.32 Å². The highest BCUT2D eigenvalue weighted by atomic mass is 14.9. The Morgan fingerprint density at radius 1 is 1.38 bits per heavy atom. The number of nitrogens with zero attached hydrogens (tertiary/aromatic N) is 1. The van der Waals surface area contributed by atoms with Gasteiger partial charge in [0, 0.05) is 18.9 Å². The number of hydrogen-bond donors (Lipinski definition) is 1. The van der Waals surface area contributed by atoms with Crippen LogP contribution >= 0.6 is 0 Å². The van der Waals surface area contributed by atoms with Crippen molar-refractivity contribution in [2.45, 2.75) is 18.8 Å². The van der Waals surface area contributed by atoms with Crippen LogP contribution in [-0.4, -0.2) is 18.1 Å². The molecule has 1 aliphatic carbocycles. The smallest absolute Gasteiger partial charge is 0.0302 e. The first kappa shape index (κ1) is 7.51. The van der Waals surface area contributed by atoms with E-state index < -0.39 is 0 Å². The average molecular weight is 174 g/mol. The molecule has 2 bridgehead atoms. The van der Waals surface area contributed by atoms with E-state index in [-0.39, 0.29) is 0 Å². The van der Waals surface area contributed by atoms with E-state index in [2.05, 4.69) is 22.6 Å². The summed E-state index contributed by atoms with van der Waals surface area (Å²) < 4.78 is 0. The van der Waals surface area contributed by atoms with Crippen LogP contribution in [0.1, 0.15) is 23.5 Å². The van der Waals surface area contributed by atoms with E-state index in [0.29, 0.717) is 0 Å². The molecule has 1 N–H and O–H groups in total. The first-order chi connectivity index (χ1) is 6.43. The molecule has 0 saturated carbocycles. The summed E-state index contributed by atoms with van der Waals surface area (Å²) in [5, 5.41) is 3.51. The van der Waals surface area contributed by atoms with Crippen LogP contribution in [0.5, 0.6) is 0 Å². The summed E-state index contributed by atoms with van der Waals surface area (Å²) >= 11 is 0. The molecule has 68 valence electrons. The maximum atomic E-state index is 4.20. The third kappa shape index (κ3) is 1.17. The molecule has 1 unspecified atom stereocenters. The van der Waals surface area contributed by atoms with Crippen molar-refractivity contribution < 1.29 is 0 Å². The van der Waals surface area contributed by atoms with Gasteiger partial charge in [-0.25, -0.2) is 0 Å². The van der Waals surface area contributed by atoms with Gasteiger partial charge in [0.05, 0.1) is 0 Å². The second-order valence-corrected chi connectivity index (χ2v) is 4.24. The lowest BCUT2D eigenvalue weighted by atomic mass is 9.75. The molecule has 2 atom stereocenters. The van der Waals surface area contributed by atoms with Crippen molar-refractivity contribution >= 4 is 0 Å². The van der Waals surface area contributed by atoms with Crippen molar-refractivity contribution in [3.05, 3.63) is 29.6 Å². The molecule has 0 amide bonds. The fourth-order valence-electron chi connectivity index (χ4n) is 2.74. The molecule has 2 aliphatic rings. The Morgan fingerprint density at radius 3 is 3.38 bits per heavy atom. The summed E-state index contributed by atoms with van der Waals surface area (Å²) in [4.78, 5) is 4.20. The molecule has 1 aliphatic heterocycles. The Labute approximate surface area is 78.4 Å². The summed E-state index contributed by atoms with van der Waals surface area (Å²) in [7, 11) is 0. The zero-order valence-electron chi connectivity index (χ0n) is 7.66. The van der Waals surface area contributed by atoms with E-state index >= 15 is 0 Å². The van der Waals surface area contributed by atoms with Gasteiger partial charge in [0.2, 0.25) is 0 Å². The minimum Gasteiger partial charge on any atom is -0.316 e. The van der Waals surface area contributed by atoms with Crippen molar-refractivity contribution in [3.63, 3.8) is 0 Å². The molecule has 13 heavy (non-hydrogen) atoms. The van der Waals surface area contributed by atoms with Crippen molar-refractivity contribution in [1.29, 1.82) is 0 Å². The Kier molecular flexibility index (Phi) is 1.62. The number of nitrogens with one attached hydrogen (secondary N) is 1. The molecule has 0 spiro atoms. The first-order valence-electron chi connectivity index (χ1n) is 5.07. The van der Waals surface area contributed by atoms with Crippen LogP contribution in [-0.2, 0) is 6.42 Å². The SMILES string of the molecule is c1cc2c(cn1)C[C@H]1CNCC2C1. The lowest BCUT2D eigenvalue weighted by molar-refractivity contribution is 0.317. The van der Waals surface area contributed by atoms with E-state index in [9.17, 15) is 0 Å². The Balaban J connectivity index is 2.06. The summed E-state index contributed by atoms with van der Waals surface area (Å²) in [5.41, 5.74) is 3.03. The normalized spacial score (nSPS) is 31.1. The molecule has 2 heterocycles. The minimum atomic E-state index is 0.755. The van der Waals surface area contributed by atoms with Crippen LogP contribution in [0.2, 0.25) is 0 Å². The van der Waals surface area contributed by atoms with Gasteiger partial charge in [0.15, 0.2) is 0 Å². The van der Waals surface area contributed by atoms with Crippen LogP contribution in [0.3, 0.4) is 0 Å². The van der Waals surface area contributed by atoms with Crippen LogP contribution in [0.25, 0.3) is 0 Å². The number of rotatable bonds is 0. The maximum Gasteiger partial charge on any atom is 0.0302 e. The minimum absolute atomic E-state index is 0.755. The summed E-state index contributed by atoms with van der Waals surface area (Å²) in [5.74, 6) is 1.61. The van der Waals surface area contributed by atoms with Crippen LogP contribution < -0.4 is 5.32 Å². The first-order valence-corrected chi connectivity index (χ1v) is 5.07. The maximum absolute atomic E-state index is 4.20. The fraction of sp³-hybridized carbons (Fsp3) is 0.545. The molecule has 1 fully saturated rings. The van der Waals surface area contributed by atoms with Gasteiger partial charge in [-0.1, -0.05) is 0 Å². The topological polar surface area (TPSA) is 24.9 Å². The average Bonchev–Trinajstić information content (AvgIpc) is 2.18. The standard InChI is InChI=1S/C11H14N2/c1-2-12-6-9-3-8-4-10(11(1)9)7-13-5-8/h1-2,6,8,10,13H,3-5,7H2/t8-,10?/m1/s1. The largest absolute Gasteiger partial charge is 0.316 e. The molecular formula is C11H14N2. The van der Waals surface area contributed by atoms with E-state index in [4.69, 9.17) is 0 Å². The van der Waals surface area contributed by atoms with Gasteiger partial charge in [-0.3, -0.25) is 4.98 Å². The molecule has 1 aromatic rings. The molecule has 2 heteroatoms. The number of hydrogen-bond acceptors (Lipinski definition) is 2. The Bertz CT molecular complexity index is 322. The summed E-state index contributed by atoms with van der Waals surface area (Å²) in [6, 6.07) is 2.20. The monoisotopic (exact) mass is 174 g/mol. The van der Waals surface area contributed by atoms with Crippen LogP contribution in [0, 0.1) is 5.92 Å². The fourth-order valence-corrected chi connectivity index (χ4v) is 2.74. The summed E-state index contributed by atoms with van der Waals surface area (Å²) in [6.07, 6.45) is 6.59. The van der Waals surface area contributed by atoms with Crippen molar-refractivity contribution in [2.24, 2.45) is 5.92 Å². The zero-order valence-corrected chi connectivity index (χ0v) is 7.66. The van der Waals surface area contributed by atoms with E-state index in [1.54, 1.807) is 5.56 Å². The van der Waals surface area contributed by atoms with E-state index in [1.165, 1.54) is 24.9 Å².